The van der Waals surface area contributed by atoms with E-state index in [0.29, 0.717) is 22.2 Å². The number of halogens is 2. The number of benzene rings is 5. The first-order chi connectivity index (χ1) is 20.3. The zero-order chi connectivity index (χ0) is 29.4. The van der Waals surface area contributed by atoms with Gasteiger partial charge in [0.05, 0.1) is 27.6 Å². The van der Waals surface area contributed by atoms with Gasteiger partial charge in [-0.05, 0) is 100 Å². The summed E-state index contributed by atoms with van der Waals surface area (Å²) in [6, 6.07) is 26.4. The number of carbonyl (C=O) groups excluding carboxylic acids is 1. The van der Waals surface area contributed by atoms with Gasteiger partial charge >= 0.3 is 5.97 Å². The Balaban J connectivity index is 1.41. The summed E-state index contributed by atoms with van der Waals surface area (Å²) in [6.07, 6.45) is 0.193. The number of amides is 1. The predicted octanol–water partition coefficient (Wildman–Crippen LogP) is 8.17. The average Bonchev–Trinajstić information content (AvgIpc) is 3.40. The maximum absolute atomic E-state index is 15.2. The van der Waals surface area contributed by atoms with Crippen LogP contribution in [0.25, 0.3) is 32.0 Å². The fourth-order valence-corrected chi connectivity index (χ4v) is 5.95. The Bertz CT molecular complexity index is 1970. The molecule has 0 aliphatic heterocycles. The molecule has 5 nitrogen and oxygen atoms in total. The summed E-state index contributed by atoms with van der Waals surface area (Å²) < 4.78 is 34.2. The zero-order valence-electron chi connectivity index (χ0n) is 22.4. The minimum Gasteiger partial charge on any atom is -0.478 e. The van der Waals surface area contributed by atoms with E-state index in [1.165, 1.54) is 41.9 Å². The number of hydrogen-bond acceptors (Lipinski definition) is 4. The van der Waals surface area contributed by atoms with E-state index < -0.39 is 12.0 Å². The third-order valence-electron chi connectivity index (χ3n) is 7.34. The molecule has 0 spiro atoms. The van der Waals surface area contributed by atoms with Gasteiger partial charge < -0.3 is 10.4 Å². The number of nitrogens with one attached hydrogen (secondary N) is 1. The summed E-state index contributed by atoms with van der Waals surface area (Å²) in [6.45, 7) is 1.81. The van der Waals surface area contributed by atoms with Crippen LogP contribution in [0.2, 0.25) is 0 Å². The third-order valence-corrected chi connectivity index (χ3v) is 8.18. The van der Waals surface area contributed by atoms with Crippen LogP contribution in [0.1, 0.15) is 50.5 Å². The van der Waals surface area contributed by atoms with Gasteiger partial charge in [0.2, 0.25) is 0 Å². The van der Waals surface area contributed by atoms with Gasteiger partial charge in [0.15, 0.2) is 0 Å². The highest BCUT2D eigenvalue weighted by Crippen LogP contribution is 2.35. The molecule has 6 rings (SSSR count). The summed E-state index contributed by atoms with van der Waals surface area (Å²) >= 11 is 1.22. The second-order valence-electron chi connectivity index (χ2n) is 10.1. The van der Waals surface area contributed by atoms with Crippen molar-refractivity contribution in [3.05, 3.63) is 137 Å². The molecule has 0 saturated heterocycles. The van der Waals surface area contributed by atoms with E-state index in [9.17, 15) is 19.1 Å². The molecule has 5 aromatic carbocycles. The van der Waals surface area contributed by atoms with Crippen molar-refractivity contribution in [2.75, 3.05) is 0 Å². The molecular formula is C34H24F2N2O3S. The Kier molecular flexibility index (Phi) is 7.22. The third kappa shape index (κ3) is 5.36. The molecule has 8 heteroatoms. The molecule has 6 aromatic rings. The SMILES string of the molecule is C[C@H](NC(=O)c1cc(-c2ccc(F)cc2)cc2snc(Cc3cc4ccccc4cc3F)c12)c1ccc(C(=O)O)cc1. The van der Waals surface area contributed by atoms with Crippen LogP contribution in [0.3, 0.4) is 0 Å². The average molecular weight is 579 g/mol. The molecule has 0 fully saturated rings. The summed E-state index contributed by atoms with van der Waals surface area (Å²) in [5.41, 5.74) is 3.77. The van der Waals surface area contributed by atoms with Gasteiger partial charge in [-0.25, -0.2) is 13.6 Å². The normalized spacial score (nSPS) is 12.0. The molecular weight excluding hydrogens is 554 g/mol. The number of aromatic carboxylic acids is 1. The number of carboxylic acid groups (broad SMARTS) is 1. The lowest BCUT2D eigenvalue weighted by atomic mass is 9.96. The Morgan fingerprint density at radius 1 is 0.881 bits per heavy atom. The standard InChI is InChI=1S/C34H24F2N2O3S/c1-19(20-6-8-22(9-7-20)34(40)41)37-33(39)28-15-25(21-10-12-27(35)13-11-21)18-31-32(28)30(38-42-31)17-26-14-23-4-2-3-5-24(23)16-29(26)36/h2-16,18-19H,17H2,1H3,(H,37,39)(H,40,41)/t19-/m0/s1. The zero-order valence-corrected chi connectivity index (χ0v) is 23.2. The summed E-state index contributed by atoms with van der Waals surface area (Å²) in [7, 11) is 0. The molecule has 1 heterocycles. The smallest absolute Gasteiger partial charge is 0.335 e. The van der Waals surface area contributed by atoms with Gasteiger partial charge in [-0.1, -0.05) is 48.5 Å². The largest absolute Gasteiger partial charge is 0.478 e. The van der Waals surface area contributed by atoms with E-state index in [4.69, 9.17) is 0 Å². The second kappa shape index (κ2) is 11.1. The number of hydrogen-bond donors (Lipinski definition) is 2. The molecule has 1 amide bonds. The van der Waals surface area contributed by atoms with Gasteiger partial charge in [0.1, 0.15) is 11.6 Å². The summed E-state index contributed by atoms with van der Waals surface area (Å²) in [5.74, 6) is -2.10. The molecule has 2 N–H and O–H groups in total. The van der Waals surface area contributed by atoms with Crippen molar-refractivity contribution in [2.24, 2.45) is 0 Å². The van der Waals surface area contributed by atoms with E-state index in [1.807, 2.05) is 43.3 Å². The van der Waals surface area contributed by atoms with Crippen molar-refractivity contribution >= 4 is 44.3 Å². The molecule has 0 unspecified atom stereocenters. The van der Waals surface area contributed by atoms with Crippen LogP contribution < -0.4 is 5.32 Å². The van der Waals surface area contributed by atoms with E-state index in [0.717, 1.165) is 32.2 Å². The number of carboxylic acids is 1. The van der Waals surface area contributed by atoms with Crippen molar-refractivity contribution in [3.8, 4) is 11.1 Å². The van der Waals surface area contributed by atoms with Crippen LogP contribution in [0, 0.1) is 11.6 Å². The van der Waals surface area contributed by atoms with Crippen molar-refractivity contribution < 1.29 is 23.5 Å². The Morgan fingerprint density at radius 2 is 1.57 bits per heavy atom. The maximum Gasteiger partial charge on any atom is 0.335 e. The highest BCUT2D eigenvalue weighted by Gasteiger charge is 2.21. The molecule has 0 radical (unpaired) electrons. The van der Waals surface area contributed by atoms with Crippen LogP contribution in [-0.2, 0) is 6.42 Å². The lowest BCUT2D eigenvalue weighted by molar-refractivity contribution is 0.0696. The number of fused-ring (bicyclic) bond motifs is 2. The molecule has 0 bridgehead atoms. The predicted molar refractivity (Wildman–Crippen MR) is 161 cm³/mol. The minimum absolute atomic E-state index is 0.154. The number of carbonyl (C=O) groups is 2. The molecule has 208 valence electrons. The van der Waals surface area contributed by atoms with Crippen LogP contribution >= 0.6 is 11.5 Å². The van der Waals surface area contributed by atoms with Gasteiger partial charge in [-0.15, -0.1) is 0 Å². The lowest BCUT2D eigenvalue weighted by Crippen LogP contribution is -2.27. The van der Waals surface area contributed by atoms with Crippen molar-refractivity contribution in [1.29, 1.82) is 0 Å². The highest BCUT2D eigenvalue weighted by atomic mass is 32.1. The van der Waals surface area contributed by atoms with Crippen molar-refractivity contribution in [2.45, 2.75) is 19.4 Å². The lowest BCUT2D eigenvalue weighted by Gasteiger charge is -2.16. The fraction of sp³-hybridized carbons (Fsp3) is 0.0882. The summed E-state index contributed by atoms with van der Waals surface area (Å²) in [5, 5.41) is 14.6. The van der Waals surface area contributed by atoms with Crippen LogP contribution in [0.15, 0.2) is 97.1 Å². The maximum atomic E-state index is 15.2. The van der Waals surface area contributed by atoms with Crippen molar-refractivity contribution in [3.63, 3.8) is 0 Å². The van der Waals surface area contributed by atoms with E-state index in [-0.39, 0.29) is 29.5 Å². The fourth-order valence-electron chi connectivity index (χ4n) is 5.09. The first-order valence-corrected chi connectivity index (χ1v) is 14.0. The topological polar surface area (TPSA) is 79.3 Å². The first-order valence-electron chi connectivity index (χ1n) is 13.3. The van der Waals surface area contributed by atoms with Gasteiger partial charge in [-0.2, -0.15) is 4.37 Å². The highest BCUT2D eigenvalue weighted by molar-refractivity contribution is 7.13. The Labute approximate surface area is 244 Å². The number of nitrogens with zero attached hydrogens (tertiary/aromatic N) is 1. The van der Waals surface area contributed by atoms with Crippen molar-refractivity contribution in [1.82, 2.24) is 9.69 Å². The minimum atomic E-state index is -1.03. The number of aromatic nitrogens is 1. The quantitative estimate of drug-likeness (QED) is 0.200. The molecule has 0 aliphatic rings. The van der Waals surface area contributed by atoms with Crippen LogP contribution in [-0.4, -0.2) is 21.4 Å². The van der Waals surface area contributed by atoms with Gasteiger partial charge in [0, 0.05) is 11.8 Å². The Hall–Kier alpha value is -4.95. The van der Waals surface area contributed by atoms with E-state index >= 15 is 4.39 Å². The van der Waals surface area contributed by atoms with Crippen LogP contribution in [0.4, 0.5) is 8.78 Å². The van der Waals surface area contributed by atoms with Gasteiger partial charge in [-0.3, -0.25) is 4.79 Å². The molecule has 42 heavy (non-hydrogen) atoms. The van der Waals surface area contributed by atoms with E-state index in [1.54, 1.807) is 30.3 Å². The molecule has 0 saturated carbocycles. The van der Waals surface area contributed by atoms with Gasteiger partial charge in [0.25, 0.3) is 5.91 Å². The molecule has 0 aliphatic carbocycles. The Morgan fingerprint density at radius 3 is 2.26 bits per heavy atom. The number of rotatable bonds is 7. The first kappa shape index (κ1) is 27.2. The second-order valence-corrected chi connectivity index (χ2v) is 10.9. The van der Waals surface area contributed by atoms with Crippen LogP contribution in [0.5, 0.6) is 0 Å². The molecule has 1 aromatic heterocycles. The summed E-state index contributed by atoms with van der Waals surface area (Å²) in [4.78, 5) is 25.1. The van der Waals surface area contributed by atoms with E-state index in [2.05, 4.69) is 9.69 Å². The monoisotopic (exact) mass is 578 g/mol. The molecule has 1 atom stereocenters.